The van der Waals surface area contributed by atoms with Gasteiger partial charge in [-0.15, -0.1) is 0 Å². The van der Waals surface area contributed by atoms with Gasteiger partial charge in [0, 0.05) is 0 Å². The van der Waals surface area contributed by atoms with Crippen molar-refractivity contribution in [3.63, 3.8) is 0 Å². The van der Waals surface area contributed by atoms with Crippen LogP contribution in [0.15, 0.2) is 77.7 Å². The Bertz CT molecular complexity index is 1010. The van der Waals surface area contributed by atoms with Crippen LogP contribution in [0, 0.1) is 19.7 Å². The van der Waals surface area contributed by atoms with Crippen LogP contribution in [0.4, 0.5) is 10.1 Å². The average Bonchev–Trinajstić information content (AvgIpc) is 2.60. The van der Waals surface area contributed by atoms with Gasteiger partial charge in [0.2, 0.25) is 0 Å². The van der Waals surface area contributed by atoms with Gasteiger partial charge < -0.3 is 0 Å². The van der Waals surface area contributed by atoms with Crippen molar-refractivity contribution in [2.24, 2.45) is 0 Å². The molecule has 134 valence electrons. The maximum absolute atomic E-state index is 13.6. The molecule has 0 saturated heterocycles. The molecular formula is C21H20FNO2S. The lowest BCUT2D eigenvalue weighted by atomic mass is 10.2. The molecule has 5 heteroatoms. The van der Waals surface area contributed by atoms with Crippen molar-refractivity contribution in [2.45, 2.75) is 25.3 Å². The van der Waals surface area contributed by atoms with E-state index >= 15 is 0 Å². The highest BCUT2D eigenvalue weighted by Crippen LogP contribution is 2.27. The van der Waals surface area contributed by atoms with Gasteiger partial charge in [-0.05, 0) is 61.4 Å². The molecule has 3 aromatic carbocycles. The highest BCUT2D eigenvalue weighted by atomic mass is 32.2. The van der Waals surface area contributed by atoms with Gasteiger partial charge in [-0.3, -0.25) is 4.31 Å². The van der Waals surface area contributed by atoms with E-state index in [2.05, 4.69) is 0 Å². The molecule has 26 heavy (non-hydrogen) atoms. The highest BCUT2D eigenvalue weighted by Gasteiger charge is 2.25. The van der Waals surface area contributed by atoms with Crippen LogP contribution in [0.25, 0.3) is 0 Å². The van der Waals surface area contributed by atoms with Crippen LogP contribution < -0.4 is 4.31 Å². The average molecular weight is 369 g/mol. The number of sulfonamides is 1. The molecule has 3 aromatic rings. The van der Waals surface area contributed by atoms with Crippen LogP contribution >= 0.6 is 0 Å². The fourth-order valence-corrected chi connectivity index (χ4v) is 4.29. The van der Waals surface area contributed by atoms with E-state index in [0.717, 1.165) is 11.1 Å². The zero-order valence-corrected chi connectivity index (χ0v) is 15.5. The molecule has 0 spiro atoms. The Hall–Kier alpha value is -2.66. The largest absolute Gasteiger partial charge is 0.264 e. The van der Waals surface area contributed by atoms with E-state index in [-0.39, 0.29) is 17.3 Å². The molecule has 3 nitrogen and oxygen atoms in total. The van der Waals surface area contributed by atoms with E-state index in [1.54, 1.807) is 42.5 Å². The highest BCUT2D eigenvalue weighted by molar-refractivity contribution is 7.92. The molecule has 0 aliphatic rings. The summed E-state index contributed by atoms with van der Waals surface area (Å²) in [5.41, 5.74) is 3.02. The molecule has 0 bridgehead atoms. The summed E-state index contributed by atoms with van der Waals surface area (Å²) < 4.78 is 41.5. The quantitative estimate of drug-likeness (QED) is 0.645. The maximum atomic E-state index is 13.6. The third kappa shape index (κ3) is 3.94. The molecule has 0 atom stereocenters. The standard InChI is InChI=1S/C21H20FNO2S/c1-16-9-11-20(12-10-16)23(15-18-6-4-7-19(22)14-18)26(24,25)21-8-3-5-17(2)13-21/h3-14H,15H2,1-2H3. The number of hydrogen-bond donors (Lipinski definition) is 0. The molecule has 0 aliphatic heterocycles. The second kappa shape index (κ2) is 7.30. The van der Waals surface area contributed by atoms with Gasteiger partial charge in [0.1, 0.15) is 5.82 Å². The first-order chi connectivity index (χ1) is 12.4. The van der Waals surface area contributed by atoms with E-state index in [4.69, 9.17) is 0 Å². The van der Waals surface area contributed by atoms with Gasteiger partial charge in [0.25, 0.3) is 10.0 Å². The van der Waals surface area contributed by atoms with Crippen LogP contribution in [-0.4, -0.2) is 8.42 Å². The molecular weight excluding hydrogens is 349 g/mol. The SMILES string of the molecule is Cc1ccc(N(Cc2cccc(F)c2)S(=O)(=O)c2cccc(C)c2)cc1. The number of anilines is 1. The van der Waals surface area contributed by atoms with Crippen molar-refractivity contribution in [1.29, 1.82) is 0 Å². The molecule has 0 heterocycles. The zero-order chi connectivity index (χ0) is 18.7. The van der Waals surface area contributed by atoms with Crippen molar-refractivity contribution in [3.8, 4) is 0 Å². The number of nitrogens with zero attached hydrogens (tertiary/aromatic N) is 1. The third-order valence-electron chi connectivity index (χ3n) is 4.11. The van der Waals surface area contributed by atoms with Crippen molar-refractivity contribution in [3.05, 3.63) is 95.3 Å². The molecule has 0 radical (unpaired) electrons. The van der Waals surface area contributed by atoms with Gasteiger partial charge in [-0.25, -0.2) is 12.8 Å². The second-order valence-corrected chi connectivity index (χ2v) is 8.16. The minimum atomic E-state index is -3.79. The Balaban J connectivity index is 2.09. The lowest BCUT2D eigenvalue weighted by Gasteiger charge is -2.25. The van der Waals surface area contributed by atoms with Crippen LogP contribution in [0.3, 0.4) is 0 Å². The van der Waals surface area contributed by atoms with Crippen LogP contribution in [0.5, 0.6) is 0 Å². The van der Waals surface area contributed by atoms with Crippen LogP contribution in [0.1, 0.15) is 16.7 Å². The van der Waals surface area contributed by atoms with Gasteiger partial charge in [-0.1, -0.05) is 42.0 Å². The number of benzene rings is 3. The first-order valence-electron chi connectivity index (χ1n) is 8.27. The van der Waals surface area contributed by atoms with Gasteiger partial charge in [0.05, 0.1) is 17.1 Å². The summed E-state index contributed by atoms with van der Waals surface area (Å²) in [6.07, 6.45) is 0. The maximum Gasteiger partial charge on any atom is 0.264 e. The minimum absolute atomic E-state index is 0.0527. The number of hydrogen-bond acceptors (Lipinski definition) is 2. The van der Waals surface area contributed by atoms with E-state index < -0.39 is 10.0 Å². The molecule has 0 fully saturated rings. The van der Waals surface area contributed by atoms with Crippen molar-refractivity contribution >= 4 is 15.7 Å². The predicted octanol–water partition coefficient (Wildman–Crippen LogP) is 4.84. The summed E-state index contributed by atoms with van der Waals surface area (Å²) >= 11 is 0. The summed E-state index contributed by atoms with van der Waals surface area (Å²) in [6.45, 7) is 3.84. The van der Waals surface area contributed by atoms with Gasteiger partial charge in [0.15, 0.2) is 0 Å². The first-order valence-corrected chi connectivity index (χ1v) is 9.71. The topological polar surface area (TPSA) is 37.4 Å². The Labute approximate surface area is 153 Å². The monoisotopic (exact) mass is 369 g/mol. The van der Waals surface area contributed by atoms with E-state index in [0.29, 0.717) is 11.3 Å². The Morgan fingerprint density at radius 1 is 0.846 bits per heavy atom. The Morgan fingerprint density at radius 3 is 2.19 bits per heavy atom. The predicted molar refractivity (Wildman–Crippen MR) is 102 cm³/mol. The van der Waals surface area contributed by atoms with Crippen molar-refractivity contribution in [1.82, 2.24) is 0 Å². The zero-order valence-electron chi connectivity index (χ0n) is 14.7. The van der Waals surface area contributed by atoms with E-state index in [9.17, 15) is 12.8 Å². The molecule has 0 N–H and O–H groups in total. The van der Waals surface area contributed by atoms with Crippen LogP contribution in [-0.2, 0) is 16.6 Å². The molecule has 0 aliphatic carbocycles. The molecule has 3 rings (SSSR count). The van der Waals surface area contributed by atoms with Crippen molar-refractivity contribution in [2.75, 3.05) is 4.31 Å². The summed E-state index contributed by atoms with van der Waals surface area (Å²) in [5.74, 6) is -0.390. The molecule has 0 amide bonds. The van der Waals surface area contributed by atoms with Gasteiger partial charge in [-0.2, -0.15) is 0 Å². The summed E-state index contributed by atoms with van der Waals surface area (Å²) in [5, 5.41) is 0. The minimum Gasteiger partial charge on any atom is -0.262 e. The number of halogens is 1. The van der Waals surface area contributed by atoms with Crippen LogP contribution in [0.2, 0.25) is 0 Å². The fourth-order valence-electron chi connectivity index (χ4n) is 2.73. The lowest BCUT2D eigenvalue weighted by Crippen LogP contribution is -2.30. The smallest absolute Gasteiger partial charge is 0.262 e. The normalized spacial score (nSPS) is 11.3. The Kier molecular flexibility index (Phi) is 5.09. The lowest BCUT2D eigenvalue weighted by molar-refractivity contribution is 0.589. The summed E-state index contributed by atoms with van der Waals surface area (Å²) in [6, 6.07) is 20.0. The molecule has 0 unspecified atom stereocenters. The summed E-state index contributed by atoms with van der Waals surface area (Å²) in [4.78, 5) is 0.217. The van der Waals surface area contributed by atoms with E-state index in [1.165, 1.54) is 16.4 Å². The Morgan fingerprint density at radius 2 is 1.54 bits per heavy atom. The molecule has 0 saturated carbocycles. The number of rotatable bonds is 5. The van der Waals surface area contributed by atoms with E-state index in [1.807, 2.05) is 32.0 Å². The first kappa shape index (κ1) is 18.1. The third-order valence-corrected chi connectivity index (χ3v) is 5.88. The van der Waals surface area contributed by atoms with Gasteiger partial charge >= 0.3 is 0 Å². The second-order valence-electron chi connectivity index (χ2n) is 6.29. The molecule has 0 aromatic heterocycles. The fraction of sp³-hybridized carbons (Fsp3) is 0.143. The number of aryl methyl sites for hydroxylation is 2. The summed E-state index contributed by atoms with van der Waals surface area (Å²) in [7, 11) is -3.79. The van der Waals surface area contributed by atoms with Crippen molar-refractivity contribution < 1.29 is 12.8 Å².